The van der Waals surface area contributed by atoms with Crippen LogP contribution in [0.1, 0.15) is 46.5 Å². The van der Waals surface area contributed by atoms with Crippen LogP contribution in [0.4, 0.5) is 4.39 Å². The number of methoxy groups -OCH3 is 1. The average molecular weight is 512 g/mol. The maximum Gasteiger partial charge on any atom is 0.224 e. The number of rotatable bonds is 6. The lowest BCUT2D eigenvalue weighted by atomic mass is 9.45. The van der Waals surface area contributed by atoms with Crippen molar-refractivity contribution in [1.82, 2.24) is 5.32 Å². The molecule has 0 bridgehead atoms. The average Bonchev–Trinajstić information content (AvgIpc) is 3.13. The summed E-state index contributed by atoms with van der Waals surface area (Å²) in [7, 11) is 1.61. The van der Waals surface area contributed by atoms with Gasteiger partial charge in [-0.25, -0.2) is 4.39 Å². The molecule has 4 aliphatic rings. The Bertz CT molecular complexity index is 1130. The molecule has 3 saturated carbocycles. The molecule has 37 heavy (non-hydrogen) atoms. The number of aliphatic hydroxyl groups is 1. The largest absolute Gasteiger partial charge is 0.497 e. The third-order valence-corrected chi connectivity index (χ3v) is 9.99. The number of ketones is 1. The summed E-state index contributed by atoms with van der Waals surface area (Å²) in [5, 5.41) is 14.5. The summed E-state index contributed by atoms with van der Waals surface area (Å²) in [6.45, 7) is 6.65. The maximum absolute atomic E-state index is 17.2. The SMILES string of the molecule is COc1ccc(OCCNC(=O)C2C(C)CC3C4CCC5=CC(=O)C=CC5(C)C4(F)C(O)CC32C)cc1. The minimum Gasteiger partial charge on any atom is -0.497 e. The number of aliphatic hydroxyl groups excluding tert-OH is 1. The summed E-state index contributed by atoms with van der Waals surface area (Å²) in [6.07, 6.45) is 5.63. The minimum atomic E-state index is -1.87. The number of fused-ring (bicyclic) bond motifs is 5. The van der Waals surface area contributed by atoms with Gasteiger partial charge in [-0.05, 0) is 86.3 Å². The molecule has 1 amide bonds. The third kappa shape index (κ3) is 3.92. The molecule has 6 nitrogen and oxygen atoms in total. The van der Waals surface area contributed by atoms with Gasteiger partial charge < -0.3 is 19.9 Å². The van der Waals surface area contributed by atoms with E-state index in [9.17, 15) is 14.7 Å². The highest BCUT2D eigenvalue weighted by atomic mass is 19.1. The molecule has 1 aromatic carbocycles. The van der Waals surface area contributed by atoms with E-state index in [1.54, 1.807) is 19.3 Å². The van der Waals surface area contributed by atoms with Gasteiger partial charge in [0.15, 0.2) is 11.5 Å². The molecule has 1 aromatic rings. The van der Waals surface area contributed by atoms with Crippen LogP contribution in [-0.4, -0.2) is 48.8 Å². The molecule has 4 aliphatic carbocycles. The number of allylic oxidation sites excluding steroid dienone is 4. The molecule has 0 aromatic heterocycles. The van der Waals surface area contributed by atoms with Gasteiger partial charge in [0.2, 0.25) is 5.91 Å². The van der Waals surface area contributed by atoms with Gasteiger partial charge in [0.05, 0.1) is 19.8 Å². The second-order valence-electron chi connectivity index (χ2n) is 11.9. The molecule has 8 atom stereocenters. The lowest BCUT2D eigenvalue weighted by molar-refractivity contribution is -0.195. The third-order valence-electron chi connectivity index (χ3n) is 9.99. The van der Waals surface area contributed by atoms with Crippen molar-refractivity contribution >= 4 is 11.7 Å². The van der Waals surface area contributed by atoms with E-state index in [1.807, 2.05) is 31.2 Å². The normalized spacial score (nSPS) is 40.2. The van der Waals surface area contributed by atoms with Gasteiger partial charge >= 0.3 is 0 Å². The van der Waals surface area contributed by atoms with Gasteiger partial charge in [0, 0.05) is 17.3 Å². The van der Waals surface area contributed by atoms with E-state index in [1.165, 1.54) is 6.08 Å². The number of nitrogens with one attached hydrogen (secondary N) is 1. The molecule has 8 unspecified atom stereocenters. The zero-order chi connectivity index (χ0) is 26.6. The Morgan fingerprint density at radius 2 is 1.89 bits per heavy atom. The number of halogens is 1. The van der Waals surface area contributed by atoms with Crippen molar-refractivity contribution in [3.8, 4) is 11.5 Å². The summed E-state index contributed by atoms with van der Waals surface area (Å²) in [5.41, 5.74) is -2.60. The number of ether oxygens (including phenoxy) is 2. The van der Waals surface area contributed by atoms with E-state index in [-0.39, 0.29) is 41.8 Å². The van der Waals surface area contributed by atoms with E-state index >= 15 is 4.39 Å². The van der Waals surface area contributed by atoms with Crippen LogP contribution in [0.2, 0.25) is 0 Å². The molecule has 0 radical (unpaired) electrons. The first kappa shape index (κ1) is 26.0. The van der Waals surface area contributed by atoms with E-state index in [2.05, 4.69) is 19.2 Å². The lowest BCUT2D eigenvalue weighted by Crippen LogP contribution is -2.67. The monoisotopic (exact) mass is 511 g/mol. The number of benzene rings is 1. The minimum absolute atomic E-state index is 0.0217. The molecular formula is C30H38FNO5. The highest BCUT2D eigenvalue weighted by molar-refractivity contribution is 6.01. The summed E-state index contributed by atoms with van der Waals surface area (Å²) < 4.78 is 28.1. The van der Waals surface area contributed by atoms with Crippen molar-refractivity contribution in [3.05, 3.63) is 48.1 Å². The standard InChI is InChI=1S/C30H38FNO5/c1-18-15-24-23-10-5-19-16-20(33)11-12-29(19,3)30(23,31)25(34)17-28(24,2)26(18)27(35)32-13-14-37-22-8-6-21(36-4)7-9-22/h6-9,11-12,16,18,23-26,34H,5,10,13-15,17H2,1-4H3,(H,32,35). The number of carbonyl (C=O) groups excluding carboxylic acids is 2. The van der Waals surface area contributed by atoms with Crippen molar-refractivity contribution in [2.45, 2.75) is 58.2 Å². The van der Waals surface area contributed by atoms with Gasteiger partial charge in [-0.2, -0.15) is 0 Å². The number of hydrogen-bond donors (Lipinski definition) is 2. The van der Waals surface area contributed by atoms with Gasteiger partial charge in [-0.1, -0.05) is 25.5 Å². The fourth-order valence-corrected chi connectivity index (χ4v) is 8.26. The van der Waals surface area contributed by atoms with Crippen LogP contribution in [-0.2, 0) is 9.59 Å². The number of carbonyl (C=O) groups is 2. The van der Waals surface area contributed by atoms with Crippen molar-refractivity contribution in [3.63, 3.8) is 0 Å². The Morgan fingerprint density at radius 1 is 1.19 bits per heavy atom. The Kier molecular flexibility index (Phi) is 6.50. The number of alkyl halides is 1. The summed E-state index contributed by atoms with van der Waals surface area (Å²) in [5.74, 6) is 0.631. The van der Waals surface area contributed by atoms with Crippen LogP contribution >= 0.6 is 0 Å². The van der Waals surface area contributed by atoms with Crippen LogP contribution < -0.4 is 14.8 Å². The predicted octanol–water partition coefficient (Wildman–Crippen LogP) is 4.42. The van der Waals surface area contributed by atoms with Gasteiger partial charge in [0.25, 0.3) is 0 Å². The van der Waals surface area contributed by atoms with Crippen molar-refractivity contribution in [2.75, 3.05) is 20.3 Å². The second-order valence-corrected chi connectivity index (χ2v) is 11.9. The summed E-state index contributed by atoms with van der Waals surface area (Å²) in [4.78, 5) is 25.5. The first-order valence-corrected chi connectivity index (χ1v) is 13.4. The fourth-order valence-electron chi connectivity index (χ4n) is 8.26. The molecule has 5 rings (SSSR count). The molecule has 0 spiro atoms. The number of amides is 1. The second kappa shape index (κ2) is 9.26. The quantitative estimate of drug-likeness (QED) is 0.553. The predicted molar refractivity (Wildman–Crippen MR) is 138 cm³/mol. The van der Waals surface area contributed by atoms with Crippen LogP contribution in [0.25, 0.3) is 0 Å². The van der Waals surface area contributed by atoms with Crippen LogP contribution in [0.15, 0.2) is 48.1 Å². The maximum atomic E-state index is 17.2. The first-order valence-electron chi connectivity index (χ1n) is 13.4. The number of hydrogen-bond acceptors (Lipinski definition) is 5. The highest BCUT2D eigenvalue weighted by Crippen LogP contribution is 2.69. The topological polar surface area (TPSA) is 84.9 Å². The Labute approximate surface area is 218 Å². The molecule has 3 fully saturated rings. The molecule has 200 valence electrons. The molecule has 0 heterocycles. The zero-order valence-electron chi connectivity index (χ0n) is 22.1. The van der Waals surface area contributed by atoms with Crippen LogP contribution in [0.5, 0.6) is 11.5 Å². The molecule has 2 N–H and O–H groups in total. The molecule has 7 heteroatoms. The molecule has 0 aliphatic heterocycles. The molecular weight excluding hydrogens is 473 g/mol. The first-order chi connectivity index (χ1) is 17.5. The Balaban J connectivity index is 1.29. The van der Waals surface area contributed by atoms with Crippen LogP contribution in [0, 0.1) is 34.5 Å². The zero-order valence-corrected chi connectivity index (χ0v) is 22.1. The van der Waals surface area contributed by atoms with Crippen LogP contribution in [0.3, 0.4) is 0 Å². The van der Waals surface area contributed by atoms with E-state index < -0.39 is 22.6 Å². The van der Waals surface area contributed by atoms with E-state index in [0.29, 0.717) is 31.7 Å². The van der Waals surface area contributed by atoms with Gasteiger partial charge in [0.1, 0.15) is 18.1 Å². The van der Waals surface area contributed by atoms with Crippen molar-refractivity contribution in [2.24, 2.45) is 34.5 Å². The van der Waals surface area contributed by atoms with E-state index in [4.69, 9.17) is 9.47 Å². The Hall–Kier alpha value is -2.67. The van der Waals surface area contributed by atoms with Gasteiger partial charge in [-0.3, -0.25) is 9.59 Å². The smallest absolute Gasteiger partial charge is 0.224 e. The highest BCUT2D eigenvalue weighted by Gasteiger charge is 2.71. The van der Waals surface area contributed by atoms with Gasteiger partial charge in [-0.15, -0.1) is 0 Å². The van der Waals surface area contributed by atoms with E-state index in [0.717, 1.165) is 17.7 Å². The van der Waals surface area contributed by atoms with Crippen molar-refractivity contribution < 1.29 is 28.6 Å². The van der Waals surface area contributed by atoms with Crippen molar-refractivity contribution in [1.29, 1.82) is 0 Å². The fraction of sp³-hybridized carbons (Fsp3) is 0.600. The summed E-state index contributed by atoms with van der Waals surface area (Å²) >= 11 is 0. The lowest BCUT2D eigenvalue weighted by Gasteiger charge is -2.61. The Morgan fingerprint density at radius 3 is 2.59 bits per heavy atom. The summed E-state index contributed by atoms with van der Waals surface area (Å²) in [6, 6.07) is 7.28. The molecule has 0 saturated heterocycles.